The summed E-state index contributed by atoms with van der Waals surface area (Å²) in [4.78, 5) is 0. The van der Waals surface area contributed by atoms with Crippen LogP contribution in [0.2, 0.25) is 0 Å². The molecule has 0 aromatic carbocycles. The van der Waals surface area contributed by atoms with Crippen LogP contribution >= 0.6 is 0 Å². The van der Waals surface area contributed by atoms with Gasteiger partial charge in [-0.25, -0.2) is 0 Å². The maximum absolute atomic E-state index is 3.49. The fourth-order valence-electron chi connectivity index (χ4n) is 3.85. The average molecular weight is 272 g/mol. The molecule has 0 heteroatoms. The molecule has 0 heterocycles. The Morgan fingerprint density at radius 1 is 0.800 bits per heavy atom. The van der Waals surface area contributed by atoms with Crippen molar-refractivity contribution < 1.29 is 0 Å². The Labute approximate surface area is 126 Å². The van der Waals surface area contributed by atoms with Crippen LogP contribution in [0, 0.1) is 35.5 Å². The summed E-state index contributed by atoms with van der Waals surface area (Å²) in [7, 11) is 0. The van der Waals surface area contributed by atoms with E-state index in [9.17, 15) is 0 Å². The Morgan fingerprint density at radius 2 is 1.35 bits per heavy atom. The van der Waals surface area contributed by atoms with Gasteiger partial charge in [0.1, 0.15) is 0 Å². The summed E-state index contributed by atoms with van der Waals surface area (Å²) < 4.78 is 0. The summed E-state index contributed by atoms with van der Waals surface area (Å²) in [6, 6.07) is 0. The van der Waals surface area contributed by atoms with E-state index >= 15 is 0 Å². The quantitative estimate of drug-likeness (QED) is 0.554. The Hall–Kier alpha value is -0.700. The van der Waals surface area contributed by atoms with Crippen LogP contribution in [0.15, 0.2) is 12.2 Å². The van der Waals surface area contributed by atoms with Crippen molar-refractivity contribution in [3.8, 4) is 11.8 Å². The lowest BCUT2D eigenvalue weighted by atomic mass is 9.80. The molecule has 2 aliphatic carbocycles. The van der Waals surface area contributed by atoms with Crippen molar-refractivity contribution in [1.29, 1.82) is 0 Å². The van der Waals surface area contributed by atoms with Crippen LogP contribution in [-0.4, -0.2) is 0 Å². The van der Waals surface area contributed by atoms with E-state index in [1.165, 1.54) is 64.2 Å². The van der Waals surface area contributed by atoms with E-state index in [0.717, 1.165) is 17.8 Å². The zero-order valence-corrected chi connectivity index (χ0v) is 13.5. The van der Waals surface area contributed by atoms with Gasteiger partial charge in [0.15, 0.2) is 0 Å². The Bertz CT molecular complexity index is 338. The van der Waals surface area contributed by atoms with Gasteiger partial charge in [0, 0.05) is 5.92 Å². The molecule has 0 radical (unpaired) electrons. The predicted molar refractivity (Wildman–Crippen MR) is 88.4 cm³/mol. The largest absolute Gasteiger partial charge is 0.0951 e. The van der Waals surface area contributed by atoms with E-state index in [1.807, 2.05) is 0 Å². The third-order valence-electron chi connectivity index (χ3n) is 5.63. The van der Waals surface area contributed by atoms with Gasteiger partial charge in [-0.15, -0.1) is 0 Å². The molecule has 0 nitrogen and oxygen atoms in total. The molecule has 0 N–H and O–H groups in total. The highest BCUT2D eigenvalue weighted by molar-refractivity contribution is 5.18. The van der Waals surface area contributed by atoms with E-state index in [-0.39, 0.29) is 0 Å². The van der Waals surface area contributed by atoms with Crippen molar-refractivity contribution in [2.75, 3.05) is 0 Å². The van der Waals surface area contributed by atoms with E-state index in [4.69, 9.17) is 0 Å². The molecular formula is C20H32. The number of hydrogen-bond acceptors (Lipinski definition) is 0. The highest BCUT2D eigenvalue weighted by Gasteiger charge is 2.18. The van der Waals surface area contributed by atoms with Crippen molar-refractivity contribution >= 4 is 0 Å². The molecule has 2 saturated carbocycles. The summed E-state index contributed by atoms with van der Waals surface area (Å²) in [5.74, 6) is 10.3. The molecule has 0 saturated heterocycles. The van der Waals surface area contributed by atoms with Gasteiger partial charge in [0.2, 0.25) is 0 Å². The normalized spacial score (nSPS) is 34.7. The molecule has 0 spiro atoms. The zero-order valence-electron chi connectivity index (χ0n) is 13.5. The van der Waals surface area contributed by atoms with Gasteiger partial charge in [-0.3, -0.25) is 0 Å². The summed E-state index contributed by atoms with van der Waals surface area (Å²) in [5.41, 5.74) is 0. The number of hydrogen-bond donors (Lipinski definition) is 0. The summed E-state index contributed by atoms with van der Waals surface area (Å²) in [5, 5.41) is 0. The fraction of sp³-hybridized carbons (Fsp3) is 0.800. The number of rotatable bonds is 3. The molecule has 0 aromatic rings. The van der Waals surface area contributed by atoms with Crippen molar-refractivity contribution in [3.05, 3.63) is 12.2 Å². The van der Waals surface area contributed by atoms with Crippen molar-refractivity contribution in [3.63, 3.8) is 0 Å². The number of allylic oxidation sites excluding steroid dienone is 2. The van der Waals surface area contributed by atoms with Gasteiger partial charge in [-0.1, -0.05) is 44.6 Å². The van der Waals surface area contributed by atoms with Crippen LogP contribution in [0.1, 0.15) is 78.1 Å². The van der Waals surface area contributed by atoms with E-state index in [0.29, 0.717) is 5.92 Å². The van der Waals surface area contributed by atoms with Crippen LogP contribution < -0.4 is 0 Å². The molecule has 0 atom stereocenters. The van der Waals surface area contributed by atoms with Gasteiger partial charge in [0.05, 0.1) is 0 Å². The average Bonchev–Trinajstić information content (AvgIpc) is 2.53. The van der Waals surface area contributed by atoms with Gasteiger partial charge in [-0.05, 0) is 75.2 Å². The SMILES string of the molecule is CC[C@H]1CC[C@H](C#CC=C[C@H]2CC[C@H](CC)CC2)CC1. The topological polar surface area (TPSA) is 0 Å². The van der Waals surface area contributed by atoms with E-state index in [1.54, 1.807) is 0 Å². The zero-order chi connectivity index (χ0) is 14.2. The highest BCUT2D eigenvalue weighted by Crippen LogP contribution is 2.31. The first-order chi connectivity index (χ1) is 9.81. The van der Waals surface area contributed by atoms with Gasteiger partial charge >= 0.3 is 0 Å². The second-order valence-electron chi connectivity index (χ2n) is 6.96. The standard InChI is InChI=1S/C20H32/c1-3-17-9-13-19(14-10-17)7-5-6-8-20-15-11-18(4-2)12-16-20/h5,7,17-20H,3-4,9-16H2,1-2H3/t17-,18-,19-,20-. The van der Waals surface area contributed by atoms with Crippen molar-refractivity contribution in [2.24, 2.45) is 23.7 Å². The molecule has 0 aromatic heterocycles. The molecule has 0 bridgehead atoms. The minimum absolute atomic E-state index is 0.679. The smallest absolute Gasteiger partial charge is 0.0206 e. The van der Waals surface area contributed by atoms with Crippen LogP contribution in [-0.2, 0) is 0 Å². The molecule has 2 fully saturated rings. The Balaban J connectivity index is 1.68. The second kappa shape index (κ2) is 8.56. The maximum atomic E-state index is 3.49. The lowest BCUT2D eigenvalue weighted by molar-refractivity contribution is 0.303. The monoisotopic (exact) mass is 272 g/mol. The van der Waals surface area contributed by atoms with E-state index < -0.39 is 0 Å². The molecule has 20 heavy (non-hydrogen) atoms. The molecule has 2 rings (SSSR count). The first kappa shape index (κ1) is 15.7. The molecule has 0 unspecified atom stereocenters. The van der Waals surface area contributed by atoms with Crippen LogP contribution in [0.25, 0.3) is 0 Å². The summed E-state index contributed by atoms with van der Waals surface area (Å²) in [6.07, 6.45) is 18.4. The van der Waals surface area contributed by atoms with Crippen molar-refractivity contribution in [1.82, 2.24) is 0 Å². The summed E-state index contributed by atoms with van der Waals surface area (Å²) >= 11 is 0. The minimum Gasteiger partial charge on any atom is -0.0951 e. The van der Waals surface area contributed by atoms with E-state index in [2.05, 4.69) is 37.8 Å². The van der Waals surface area contributed by atoms with Crippen LogP contribution in [0.4, 0.5) is 0 Å². The minimum atomic E-state index is 0.679. The molecule has 112 valence electrons. The van der Waals surface area contributed by atoms with Crippen LogP contribution in [0.3, 0.4) is 0 Å². The first-order valence-corrected chi connectivity index (χ1v) is 8.99. The maximum Gasteiger partial charge on any atom is 0.0206 e. The third-order valence-corrected chi connectivity index (χ3v) is 5.63. The van der Waals surface area contributed by atoms with Crippen LogP contribution in [0.5, 0.6) is 0 Å². The second-order valence-corrected chi connectivity index (χ2v) is 6.96. The lowest BCUT2D eigenvalue weighted by Gasteiger charge is -2.25. The molecule has 0 aliphatic heterocycles. The fourth-order valence-corrected chi connectivity index (χ4v) is 3.85. The van der Waals surface area contributed by atoms with Crippen molar-refractivity contribution in [2.45, 2.75) is 78.1 Å². The predicted octanol–water partition coefficient (Wildman–Crippen LogP) is 5.98. The van der Waals surface area contributed by atoms with Gasteiger partial charge < -0.3 is 0 Å². The van der Waals surface area contributed by atoms with Gasteiger partial charge in [0.25, 0.3) is 0 Å². The van der Waals surface area contributed by atoms with Gasteiger partial charge in [-0.2, -0.15) is 0 Å². The lowest BCUT2D eigenvalue weighted by Crippen LogP contribution is -2.12. The third kappa shape index (κ3) is 5.01. The Kier molecular flexibility index (Phi) is 6.71. The molecule has 0 amide bonds. The molecule has 2 aliphatic rings. The highest BCUT2D eigenvalue weighted by atomic mass is 14.2. The Morgan fingerprint density at radius 3 is 1.90 bits per heavy atom. The first-order valence-electron chi connectivity index (χ1n) is 8.99. The molecular weight excluding hydrogens is 240 g/mol. The summed E-state index contributed by atoms with van der Waals surface area (Å²) in [6.45, 7) is 4.66.